The van der Waals surface area contributed by atoms with Gasteiger partial charge in [-0.15, -0.1) is 0 Å². The van der Waals surface area contributed by atoms with Crippen molar-refractivity contribution >= 4 is 17.5 Å². The van der Waals surface area contributed by atoms with Crippen molar-refractivity contribution in [1.82, 2.24) is 4.90 Å². The van der Waals surface area contributed by atoms with Gasteiger partial charge in [0.25, 0.3) is 0 Å². The number of halogens is 1. The Labute approximate surface area is 161 Å². The summed E-state index contributed by atoms with van der Waals surface area (Å²) in [6.07, 6.45) is 2.35. The molecule has 0 saturated carbocycles. The number of rotatable bonds is 4. The first kappa shape index (κ1) is 19.7. The van der Waals surface area contributed by atoms with Gasteiger partial charge >= 0.3 is 0 Å². The average molecular weight is 380 g/mol. The summed E-state index contributed by atoms with van der Waals surface area (Å²) in [6, 6.07) is 7.74. The predicted molar refractivity (Wildman–Crippen MR) is 104 cm³/mol. The van der Waals surface area contributed by atoms with Gasteiger partial charge in [0, 0.05) is 24.6 Å². The fourth-order valence-electron chi connectivity index (χ4n) is 4.61. The van der Waals surface area contributed by atoms with E-state index in [0.717, 1.165) is 24.8 Å². The van der Waals surface area contributed by atoms with E-state index in [1.54, 1.807) is 0 Å². The highest BCUT2D eigenvalue weighted by molar-refractivity contribution is 6.30. The lowest BCUT2D eigenvalue weighted by Gasteiger charge is -2.50. The Balaban J connectivity index is 1.94. The minimum Gasteiger partial charge on any atom is -0.378 e. The van der Waals surface area contributed by atoms with Crippen LogP contribution in [0.4, 0.5) is 0 Å². The monoisotopic (exact) mass is 379 g/mol. The highest BCUT2D eigenvalue weighted by atomic mass is 35.5. The minimum absolute atomic E-state index is 0.187. The van der Waals surface area contributed by atoms with Crippen LogP contribution in [0.1, 0.15) is 52.5 Å². The van der Waals surface area contributed by atoms with Gasteiger partial charge in [-0.2, -0.15) is 0 Å². The molecule has 0 N–H and O–H groups in total. The van der Waals surface area contributed by atoms with Crippen LogP contribution < -0.4 is 0 Å². The van der Waals surface area contributed by atoms with Gasteiger partial charge in [-0.25, -0.2) is 0 Å². The average Bonchev–Trinajstić information content (AvgIpc) is 3.03. The second kappa shape index (κ2) is 7.14. The molecule has 1 atom stereocenters. The van der Waals surface area contributed by atoms with Crippen molar-refractivity contribution < 1.29 is 14.3 Å². The molecule has 1 spiro atoms. The topological polar surface area (TPSA) is 38.8 Å². The van der Waals surface area contributed by atoms with E-state index in [-0.39, 0.29) is 17.1 Å². The Bertz CT molecular complexity index is 646. The SMILES string of the molecule is CCC(CC)(C(=O)N1CC(C)(C)OC2(CCOC2)C1)c1ccc(Cl)cc1. The third-order valence-electron chi connectivity index (χ3n) is 5.91. The molecule has 0 radical (unpaired) electrons. The highest BCUT2D eigenvalue weighted by Crippen LogP contribution is 2.39. The van der Waals surface area contributed by atoms with Crippen molar-refractivity contribution in [3.05, 3.63) is 34.9 Å². The zero-order valence-electron chi connectivity index (χ0n) is 16.3. The number of benzene rings is 1. The number of nitrogens with zero attached hydrogens (tertiary/aromatic N) is 1. The Morgan fingerprint density at radius 3 is 2.38 bits per heavy atom. The highest BCUT2D eigenvalue weighted by Gasteiger charge is 2.51. The van der Waals surface area contributed by atoms with Crippen LogP contribution in [-0.2, 0) is 19.7 Å². The largest absolute Gasteiger partial charge is 0.378 e. The Kier molecular flexibility index (Phi) is 5.40. The maximum Gasteiger partial charge on any atom is 0.233 e. The van der Waals surface area contributed by atoms with E-state index in [4.69, 9.17) is 21.1 Å². The number of hydrogen-bond acceptors (Lipinski definition) is 3. The molecular formula is C21H30ClNO3. The fourth-order valence-corrected chi connectivity index (χ4v) is 4.73. The molecule has 0 bridgehead atoms. The van der Waals surface area contributed by atoms with Crippen LogP contribution in [0.15, 0.2) is 24.3 Å². The molecule has 3 rings (SSSR count). The minimum atomic E-state index is -0.529. The lowest BCUT2D eigenvalue weighted by molar-refractivity contribution is -0.201. The zero-order valence-corrected chi connectivity index (χ0v) is 17.1. The molecular weight excluding hydrogens is 350 g/mol. The third kappa shape index (κ3) is 3.51. The number of hydrogen-bond donors (Lipinski definition) is 0. The number of carbonyl (C=O) groups excluding carboxylic acids is 1. The molecule has 2 fully saturated rings. The van der Waals surface area contributed by atoms with Crippen LogP contribution >= 0.6 is 11.6 Å². The maximum absolute atomic E-state index is 13.8. The molecule has 144 valence electrons. The molecule has 26 heavy (non-hydrogen) atoms. The number of amides is 1. The summed E-state index contributed by atoms with van der Waals surface area (Å²) in [5.74, 6) is 0.187. The van der Waals surface area contributed by atoms with Crippen molar-refractivity contribution in [2.45, 2.75) is 63.6 Å². The number of morpholine rings is 1. The van der Waals surface area contributed by atoms with Crippen molar-refractivity contribution in [2.24, 2.45) is 0 Å². The molecule has 2 aliphatic rings. The molecule has 1 amide bonds. The van der Waals surface area contributed by atoms with Gasteiger partial charge in [0.1, 0.15) is 5.60 Å². The molecule has 1 unspecified atom stereocenters. The second-order valence-corrected chi connectivity index (χ2v) is 8.74. The van der Waals surface area contributed by atoms with Gasteiger partial charge in [-0.05, 0) is 44.4 Å². The summed E-state index contributed by atoms with van der Waals surface area (Å²) >= 11 is 6.07. The van der Waals surface area contributed by atoms with Gasteiger partial charge in [0.2, 0.25) is 5.91 Å². The first-order valence-electron chi connectivity index (χ1n) is 9.59. The van der Waals surface area contributed by atoms with Gasteiger partial charge in [-0.1, -0.05) is 37.6 Å². The van der Waals surface area contributed by atoms with E-state index >= 15 is 0 Å². The summed E-state index contributed by atoms with van der Waals surface area (Å²) in [5, 5.41) is 0.692. The van der Waals surface area contributed by atoms with E-state index in [1.807, 2.05) is 29.2 Å². The van der Waals surface area contributed by atoms with Crippen molar-refractivity contribution in [3.63, 3.8) is 0 Å². The van der Waals surface area contributed by atoms with Crippen molar-refractivity contribution in [1.29, 1.82) is 0 Å². The number of ether oxygens (including phenoxy) is 2. The zero-order chi connectivity index (χ0) is 19.0. The van der Waals surface area contributed by atoms with Crippen molar-refractivity contribution in [2.75, 3.05) is 26.3 Å². The molecule has 0 aromatic heterocycles. The molecule has 5 heteroatoms. The fraction of sp³-hybridized carbons (Fsp3) is 0.667. The van der Waals surface area contributed by atoms with Crippen LogP contribution in [0, 0.1) is 0 Å². The van der Waals surface area contributed by atoms with Crippen LogP contribution in [-0.4, -0.2) is 48.3 Å². The van der Waals surface area contributed by atoms with Gasteiger partial charge in [0.15, 0.2) is 0 Å². The lowest BCUT2D eigenvalue weighted by atomic mass is 9.74. The molecule has 2 heterocycles. The summed E-state index contributed by atoms with van der Waals surface area (Å²) in [4.78, 5) is 15.8. The van der Waals surface area contributed by atoms with Gasteiger partial charge in [-0.3, -0.25) is 4.79 Å². The van der Waals surface area contributed by atoms with Crippen LogP contribution in [0.3, 0.4) is 0 Å². The molecule has 1 aromatic carbocycles. The van der Waals surface area contributed by atoms with E-state index in [0.29, 0.717) is 31.3 Å². The Morgan fingerprint density at radius 2 is 1.85 bits per heavy atom. The molecule has 2 aliphatic heterocycles. The normalized spacial score (nSPS) is 25.7. The summed E-state index contributed by atoms with van der Waals surface area (Å²) in [7, 11) is 0. The van der Waals surface area contributed by atoms with E-state index in [2.05, 4.69) is 27.7 Å². The van der Waals surface area contributed by atoms with Crippen LogP contribution in [0.5, 0.6) is 0 Å². The predicted octanol–water partition coefficient (Wildman–Crippen LogP) is 4.19. The summed E-state index contributed by atoms with van der Waals surface area (Å²) in [6.45, 7) is 10.8. The molecule has 1 aromatic rings. The Hall–Kier alpha value is -1.10. The Morgan fingerprint density at radius 1 is 1.19 bits per heavy atom. The maximum atomic E-state index is 13.8. The quantitative estimate of drug-likeness (QED) is 0.787. The first-order chi connectivity index (χ1) is 12.3. The lowest BCUT2D eigenvalue weighted by Crippen LogP contribution is -2.63. The molecule has 4 nitrogen and oxygen atoms in total. The van der Waals surface area contributed by atoms with Crippen LogP contribution in [0.25, 0.3) is 0 Å². The van der Waals surface area contributed by atoms with Crippen LogP contribution in [0.2, 0.25) is 5.02 Å². The van der Waals surface area contributed by atoms with Gasteiger partial charge < -0.3 is 14.4 Å². The molecule has 0 aliphatic carbocycles. The van der Waals surface area contributed by atoms with Gasteiger partial charge in [0.05, 0.1) is 24.2 Å². The molecule has 2 saturated heterocycles. The van der Waals surface area contributed by atoms with E-state index in [1.165, 1.54) is 0 Å². The number of carbonyl (C=O) groups is 1. The first-order valence-corrected chi connectivity index (χ1v) is 9.97. The van der Waals surface area contributed by atoms with Crippen molar-refractivity contribution in [3.8, 4) is 0 Å². The van der Waals surface area contributed by atoms with E-state index in [9.17, 15) is 4.79 Å². The summed E-state index contributed by atoms with van der Waals surface area (Å²) in [5.41, 5.74) is -0.240. The van der Waals surface area contributed by atoms with E-state index < -0.39 is 5.41 Å². The summed E-state index contributed by atoms with van der Waals surface area (Å²) < 4.78 is 12.0. The smallest absolute Gasteiger partial charge is 0.233 e. The standard InChI is InChI=1S/C21H30ClNO3/c1-5-21(6-2,16-7-9-17(22)10-8-16)18(24)23-13-19(3,4)26-20(14-23)11-12-25-15-20/h7-10H,5-6,11-15H2,1-4H3. The third-order valence-corrected chi connectivity index (χ3v) is 6.16. The second-order valence-electron chi connectivity index (χ2n) is 8.30.